The first-order valence-electron chi connectivity index (χ1n) is 8.35. The summed E-state index contributed by atoms with van der Waals surface area (Å²) >= 11 is 0. The van der Waals surface area contributed by atoms with E-state index in [9.17, 15) is 13.2 Å². The van der Waals surface area contributed by atoms with Crippen molar-refractivity contribution in [2.75, 3.05) is 0 Å². The van der Waals surface area contributed by atoms with Crippen molar-refractivity contribution in [3.8, 4) is 22.4 Å². The van der Waals surface area contributed by atoms with E-state index in [0.29, 0.717) is 0 Å². The van der Waals surface area contributed by atoms with E-state index < -0.39 is 11.7 Å². The number of fused-ring (bicyclic) bond motifs is 1. The largest absolute Gasteiger partial charge is 0.416 e. The average molecular weight is 342 g/mol. The van der Waals surface area contributed by atoms with Crippen molar-refractivity contribution in [1.29, 1.82) is 0 Å². The molecule has 1 aliphatic heterocycles. The van der Waals surface area contributed by atoms with Crippen LogP contribution >= 0.6 is 0 Å². The fourth-order valence-corrected chi connectivity index (χ4v) is 3.24. The average Bonchev–Trinajstić information content (AvgIpc) is 3.05. The summed E-state index contributed by atoms with van der Waals surface area (Å²) in [5, 5.41) is 0. The maximum absolute atomic E-state index is 12.7. The van der Waals surface area contributed by atoms with Crippen molar-refractivity contribution in [1.82, 2.24) is 9.55 Å². The van der Waals surface area contributed by atoms with Crippen molar-refractivity contribution < 1.29 is 13.2 Å². The highest BCUT2D eigenvalue weighted by molar-refractivity contribution is 5.69. The summed E-state index contributed by atoms with van der Waals surface area (Å²) in [6.45, 7) is 1.02. The quantitative estimate of drug-likeness (QED) is 0.595. The molecule has 0 saturated heterocycles. The standard InChI is InChI=1S/C20H17F3N2/c21-20(22,23)17-10-8-15(9-11-17)14-4-6-16(7-5-14)18-13-25-12-2-1-3-19(25)24-18/h4-11,13H,1-3,12H2. The predicted molar refractivity (Wildman–Crippen MR) is 91.0 cm³/mol. The highest BCUT2D eigenvalue weighted by Gasteiger charge is 2.29. The van der Waals surface area contributed by atoms with E-state index in [-0.39, 0.29) is 0 Å². The molecule has 1 aromatic heterocycles. The van der Waals surface area contributed by atoms with Gasteiger partial charge in [0.15, 0.2) is 0 Å². The van der Waals surface area contributed by atoms with Gasteiger partial charge in [-0.25, -0.2) is 4.98 Å². The van der Waals surface area contributed by atoms with Crippen LogP contribution in [0.25, 0.3) is 22.4 Å². The Labute approximate surface area is 143 Å². The molecule has 2 heterocycles. The second-order valence-electron chi connectivity index (χ2n) is 6.35. The van der Waals surface area contributed by atoms with E-state index >= 15 is 0 Å². The zero-order valence-electron chi connectivity index (χ0n) is 13.6. The first kappa shape index (κ1) is 15.9. The minimum Gasteiger partial charge on any atom is -0.334 e. The number of nitrogens with zero attached hydrogens (tertiary/aromatic N) is 2. The molecule has 0 amide bonds. The van der Waals surface area contributed by atoms with Crippen molar-refractivity contribution in [2.24, 2.45) is 0 Å². The lowest BCUT2D eigenvalue weighted by atomic mass is 10.0. The third kappa shape index (κ3) is 3.18. The molecule has 2 aromatic carbocycles. The Bertz CT molecular complexity index is 851. The summed E-state index contributed by atoms with van der Waals surface area (Å²) in [7, 11) is 0. The van der Waals surface area contributed by atoms with Crippen LogP contribution in [0.3, 0.4) is 0 Å². The molecule has 0 radical (unpaired) electrons. The van der Waals surface area contributed by atoms with E-state index in [2.05, 4.69) is 10.8 Å². The molecule has 0 unspecified atom stereocenters. The van der Waals surface area contributed by atoms with E-state index in [1.54, 1.807) is 0 Å². The molecular weight excluding hydrogens is 325 g/mol. The second-order valence-corrected chi connectivity index (χ2v) is 6.35. The van der Waals surface area contributed by atoms with Gasteiger partial charge in [-0.3, -0.25) is 0 Å². The molecule has 2 nitrogen and oxygen atoms in total. The Balaban J connectivity index is 1.58. The van der Waals surface area contributed by atoms with Crippen molar-refractivity contribution in [2.45, 2.75) is 32.0 Å². The fraction of sp³-hybridized carbons (Fsp3) is 0.250. The fourth-order valence-electron chi connectivity index (χ4n) is 3.24. The number of aryl methyl sites for hydroxylation is 2. The number of hydrogen-bond donors (Lipinski definition) is 0. The van der Waals surface area contributed by atoms with Crippen LogP contribution in [0, 0.1) is 0 Å². The van der Waals surface area contributed by atoms with Crippen LogP contribution in [0.5, 0.6) is 0 Å². The normalized spacial score (nSPS) is 14.4. The summed E-state index contributed by atoms with van der Waals surface area (Å²) in [6, 6.07) is 13.1. The maximum atomic E-state index is 12.7. The third-order valence-corrected chi connectivity index (χ3v) is 4.63. The molecule has 4 rings (SSSR count). The van der Waals surface area contributed by atoms with Gasteiger partial charge in [0.1, 0.15) is 5.82 Å². The summed E-state index contributed by atoms with van der Waals surface area (Å²) in [4.78, 5) is 4.70. The van der Waals surface area contributed by atoms with Gasteiger partial charge in [-0.1, -0.05) is 36.4 Å². The van der Waals surface area contributed by atoms with Gasteiger partial charge < -0.3 is 4.57 Å². The predicted octanol–water partition coefficient (Wildman–Crippen LogP) is 5.57. The number of aromatic nitrogens is 2. The molecule has 1 aliphatic rings. The molecule has 0 atom stereocenters. The van der Waals surface area contributed by atoms with E-state index in [1.807, 2.05) is 24.3 Å². The van der Waals surface area contributed by atoms with E-state index in [4.69, 9.17) is 4.98 Å². The van der Waals surface area contributed by atoms with Gasteiger partial charge >= 0.3 is 6.18 Å². The molecule has 0 N–H and O–H groups in total. The zero-order valence-corrected chi connectivity index (χ0v) is 13.6. The minimum atomic E-state index is -4.30. The first-order valence-corrected chi connectivity index (χ1v) is 8.35. The molecule has 0 bridgehead atoms. The van der Waals surface area contributed by atoms with Crippen LogP contribution in [0.2, 0.25) is 0 Å². The topological polar surface area (TPSA) is 17.8 Å². The van der Waals surface area contributed by atoms with Crippen molar-refractivity contribution >= 4 is 0 Å². The Morgan fingerprint density at radius 1 is 0.800 bits per heavy atom. The molecule has 5 heteroatoms. The lowest BCUT2D eigenvalue weighted by Crippen LogP contribution is -2.08. The van der Waals surface area contributed by atoms with Crippen LogP contribution in [-0.4, -0.2) is 9.55 Å². The number of hydrogen-bond acceptors (Lipinski definition) is 1. The third-order valence-electron chi connectivity index (χ3n) is 4.63. The van der Waals surface area contributed by atoms with Crippen LogP contribution in [0.1, 0.15) is 24.2 Å². The first-order chi connectivity index (χ1) is 12.0. The lowest BCUT2D eigenvalue weighted by Gasteiger charge is -2.11. The number of imidazole rings is 1. The molecule has 0 aliphatic carbocycles. The SMILES string of the molecule is FC(F)(F)c1ccc(-c2ccc(-c3cn4c(n3)CCCC4)cc2)cc1. The molecule has 0 spiro atoms. The van der Waals surface area contributed by atoms with Crippen molar-refractivity contribution in [3.05, 3.63) is 66.1 Å². The van der Waals surface area contributed by atoms with Gasteiger partial charge in [-0.05, 0) is 36.1 Å². The molecular formula is C20H17F3N2. The highest BCUT2D eigenvalue weighted by Crippen LogP contribution is 2.31. The van der Waals surface area contributed by atoms with Gasteiger partial charge in [-0.15, -0.1) is 0 Å². The summed E-state index contributed by atoms with van der Waals surface area (Å²) in [6.07, 6.45) is 1.17. The van der Waals surface area contributed by atoms with Gasteiger partial charge in [0.2, 0.25) is 0 Å². The van der Waals surface area contributed by atoms with Gasteiger partial charge in [0, 0.05) is 24.7 Å². The van der Waals surface area contributed by atoms with E-state index in [1.165, 1.54) is 25.0 Å². The van der Waals surface area contributed by atoms with Crippen LogP contribution in [0.4, 0.5) is 13.2 Å². The zero-order chi connectivity index (χ0) is 17.4. The van der Waals surface area contributed by atoms with E-state index in [0.717, 1.165) is 53.3 Å². The number of benzene rings is 2. The summed E-state index contributed by atoms with van der Waals surface area (Å²) in [5.74, 6) is 1.13. The second kappa shape index (κ2) is 6.06. The van der Waals surface area contributed by atoms with Gasteiger partial charge in [0.05, 0.1) is 11.3 Å². The van der Waals surface area contributed by atoms with Crippen LogP contribution in [0.15, 0.2) is 54.7 Å². The number of halogens is 3. The Kier molecular flexibility index (Phi) is 3.86. The Hall–Kier alpha value is -2.56. The van der Waals surface area contributed by atoms with Crippen molar-refractivity contribution in [3.63, 3.8) is 0 Å². The summed E-state index contributed by atoms with van der Waals surface area (Å²) < 4.78 is 40.2. The Morgan fingerprint density at radius 2 is 1.40 bits per heavy atom. The highest BCUT2D eigenvalue weighted by atomic mass is 19.4. The van der Waals surface area contributed by atoms with Gasteiger partial charge in [0.25, 0.3) is 0 Å². The molecule has 3 aromatic rings. The maximum Gasteiger partial charge on any atom is 0.416 e. The number of alkyl halides is 3. The van der Waals surface area contributed by atoms with Gasteiger partial charge in [-0.2, -0.15) is 13.2 Å². The Morgan fingerprint density at radius 3 is 2.00 bits per heavy atom. The minimum absolute atomic E-state index is 0.628. The smallest absolute Gasteiger partial charge is 0.334 e. The monoisotopic (exact) mass is 342 g/mol. The van der Waals surface area contributed by atoms with Crippen LogP contribution < -0.4 is 0 Å². The molecule has 0 fully saturated rings. The molecule has 0 saturated carbocycles. The molecule has 128 valence electrons. The van der Waals surface area contributed by atoms with Crippen LogP contribution in [-0.2, 0) is 19.1 Å². The number of rotatable bonds is 2. The molecule has 25 heavy (non-hydrogen) atoms. The lowest BCUT2D eigenvalue weighted by molar-refractivity contribution is -0.137. The summed E-state index contributed by atoms with van der Waals surface area (Å²) in [5.41, 5.74) is 3.01.